The van der Waals surface area contributed by atoms with Crippen molar-refractivity contribution >= 4 is 23.3 Å². The Morgan fingerprint density at radius 1 is 1.29 bits per heavy atom. The van der Waals surface area contributed by atoms with Crippen LogP contribution in [-0.4, -0.2) is 17.2 Å². The molecule has 0 aliphatic carbocycles. The standard InChI is InChI=1S/C12H12ClF3N4O/c1-6(17-2)10-19-20-11(21-10)18-9-4-3-7(5-8(9)13)12(14,15)16/h3-6,17H,1-2H3,(H,18,20). The average molecular weight is 321 g/mol. The molecule has 9 heteroatoms. The van der Waals surface area contributed by atoms with Crippen LogP contribution in [0.25, 0.3) is 0 Å². The Balaban J connectivity index is 2.18. The first-order chi connectivity index (χ1) is 9.81. The molecule has 1 unspecified atom stereocenters. The minimum atomic E-state index is -4.44. The van der Waals surface area contributed by atoms with E-state index in [-0.39, 0.29) is 22.8 Å². The molecule has 0 radical (unpaired) electrons. The van der Waals surface area contributed by atoms with Crippen LogP contribution < -0.4 is 10.6 Å². The van der Waals surface area contributed by atoms with Crippen LogP contribution in [0.15, 0.2) is 22.6 Å². The van der Waals surface area contributed by atoms with Gasteiger partial charge in [-0.1, -0.05) is 16.7 Å². The number of benzene rings is 1. The highest BCUT2D eigenvalue weighted by atomic mass is 35.5. The molecule has 0 saturated heterocycles. The molecule has 114 valence electrons. The van der Waals surface area contributed by atoms with Gasteiger partial charge in [-0.2, -0.15) is 13.2 Å². The number of rotatable bonds is 4. The van der Waals surface area contributed by atoms with Gasteiger partial charge in [0.25, 0.3) is 0 Å². The topological polar surface area (TPSA) is 63.0 Å². The second-order valence-corrected chi connectivity index (χ2v) is 4.68. The summed E-state index contributed by atoms with van der Waals surface area (Å²) >= 11 is 5.82. The van der Waals surface area contributed by atoms with Gasteiger partial charge in [0.1, 0.15) is 0 Å². The van der Waals surface area contributed by atoms with Crippen LogP contribution in [0.1, 0.15) is 24.4 Å². The normalized spacial score (nSPS) is 13.2. The van der Waals surface area contributed by atoms with Crippen molar-refractivity contribution in [2.24, 2.45) is 0 Å². The number of hydrogen-bond acceptors (Lipinski definition) is 5. The summed E-state index contributed by atoms with van der Waals surface area (Å²) in [6.45, 7) is 1.82. The summed E-state index contributed by atoms with van der Waals surface area (Å²) in [7, 11) is 1.73. The zero-order valence-corrected chi connectivity index (χ0v) is 11.9. The molecule has 5 nitrogen and oxygen atoms in total. The summed E-state index contributed by atoms with van der Waals surface area (Å²) in [5, 5.41) is 13.1. The lowest BCUT2D eigenvalue weighted by atomic mass is 10.2. The van der Waals surface area contributed by atoms with Gasteiger partial charge >= 0.3 is 12.2 Å². The Hall–Kier alpha value is -1.80. The summed E-state index contributed by atoms with van der Waals surface area (Å²) in [6.07, 6.45) is -4.44. The SMILES string of the molecule is CNC(C)c1nnc(Nc2ccc(C(F)(F)F)cc2Cl)o1. The van der Waals surface area contributed by atoms with Crippen molar-refractivity contribution in [2.45, 2.75) is 19.1 Å². The molecule has 2 N–H and O–H groups in total. The maximum Gasteiger partial charge on any atom is 0.416 e. The molecule has 1 aromatic heterocycles. The lowest BCUT2D eigenvalue weighted by Gasteiger charge is -2.09. The van der Waals surface area contributed by atoms with E-state index in [1.54, 1.807) is 7.05 Å². The molecule has 0 saturated carbocycles. The highest BCUT2D eigenvalue weighted by molar-refractivity contribution is 6.33. The van der Waals surface area contributed by atoms with E-state index in [9.17, 15) is 13.2 Å². The first-order valence-corrected chi connectivity index (χ1v) is 6.33. The van der Waals surface area contributed by atoms with Gasteiger partial charge in [0.15, 0.2) is 0 Å². The molecule has 21 heavy (non-hydrogen) atoms. The molecule has 0 amide bonds. The maximum atomic E-state index is 12.5. The number of hydrogen-bond donors (Lipinski definition) is 2. The van der Waals surface area contributed by atoms with Crippen LogP contribution in [0.2, 0.25) is 5.02 Å². The highest BCUT2D eigenvalue weighted by Crippen LogP contribution is 2.34. The monoisotopic (exact) mass is 320 g/mol. The Morgan fingerprint density at radius 3 is 2.57 bits per heavy atom. The lowest BCUT2D eigenvalue weighted by Crippen LogP contribution is -2.12. The number of aromatic nitrogens is 2. The van der Waals surface area contributed by atoms with Gasteiger partial charge < -0.3 is 15.1 Å². The number of nitrogens with zero attached hydrogens (tertiary/aromatic N) is 2. The van der Waals surface area contributed by atoms with E-state index < -0.39 is 11.7 Å². The Bertz CT molecular complexity index is 629. The van der Waals surface area contributed by atoms with E-state index in [0.717, 1.165) is 12.1 Å². The molecule has 0 spiro atoms. The molecular formula is C12H12ClF3N4O. The maximum absolute atomic E-state index is 12.5. The first kappa shape index (κ1) is 15.6. The van der Waals surface area contributed by atoms with Crippen LogP contribution in [0.5, 0.6) is 0 Å². The highest BCUT2D eigenvalue weighted by Gasteiger charge is 2.31. The third-order valence-electron chi connectivity index (χ3n) is 2.78. The van der Waals surface area contributed by atoms with Crippen LogP contribution in [0, 0.1) is 0 Å². The third kappa shape index (κ3) is 3.64. The molecule has 0 bridgehead atoms. The molecule has 2 rings (SSSR count). The van der Waals surface area contributed by atoms with Crippen molar-refractivity contribution in [1.82, 2.24) is 15.5 Å². The zero-order valence-electron chi connectivity index (χ0n) is 11.1. The van der Waals surface area contributed by atoms with E-state index in [4.69, 9.17) is 16.0 Å². The molecule has 2 aromatic rings. The summed E-state index contributed by atoms with van der Waals surface area (Å²) < 4.78 is 42.9. The number of anilines is 2. The Morgan fingerprint density at radius 2 is 2.00 bits per heavy atom. The van der Waals surface area contributed by atoms with Crippen molar-refractivity contribution in [3.63, 3.8) is 0 Å². The van der Waals surface area contributed by atoms with Gasteiger partial charge in [0.2, 0.25) is 5.89 Å². The summed E-state index contributed by atoms with van der Waals surface area (Å²) in [5.74, 6) is 0.350. The van der Waals surface area contributed by atoms with Crippen LogP contribution in [0.3, 0.4) is 0 Å². The molecular weight excluding hydrogens is 309 g/mol. The van der Waals surface area contributed by atoms with Gasteiger partial charge in [0, 0.05) is 0 Å². The second-order valence-electron chi connectivity index (χ2n) is 4.27. The van der Waals surface area contributed by atoms with E-state index in [1.165, 1.54) is 6.07 Å². The minimum Gasteiger partial charge on any atom is -0.406 e. The second kappa shape index (κ2) is 5.90. The fourth-order valence-corrected chi connectivity index (χ4v) is 1.72. The summed E-state index contributed by atoms with van der Waals surface area (Å²) in [4.78, 5) is 0. The van der Waals surface area contributed by atoms with E-state index in [1.807, 2.05) is 6.92 Å². The van der Waals surface area contributed by atoms with Gasteiger partial charge in [-0.05, 0) is 32.2 Å². The smallest absolute Gasteiger partial charge is 0.406 e. The predicted octanol–water partition coefficient (Wildman–Crippen LogP) is 3.77. The molecule has 0 fully saturated rings. The van der Waals surface area contributed by atoms with Crippen LogP contribution >= 0.6 is 11.6 Å². The van der Waals surface area contributed by atoms with E-state index >= 15 is 0 Å². The Kier molecular flexibility index (Phi) is 4.38. The van der Waals surface area contributed by atoms with Gasteiger partial charge in [-0.3, -0.25) is 0 Å². The minimum absolute atomic E-state index is 0.0498. The largest absolute Gasteiger partial charge is 0.416 e. The third-order valence-corrected chi connectivity index (χ3v) is 3.09. The quantitative estimate of drug-likeness (QED) is 0.898. The molecule has 1 atom stereocenters. The summed E-state index contributed by atoms with van der Waals surface area (Å²) in [5.41, 5.74) is -0.579. The van der Waals surface area contributed by atoms with Crippen molar-refractivity contribution in [2.75, 3.05) is 12.4 Å². The van der Waals surface area contributed by atoms with Gasteiger partial charge in [0.05, 0.1) is 22.3 Å². The first-order valence-electron chi connectivity index (χ1n) is 5.95. The average Bonchev–Trinajstić information content (AvgIpc) is 2.87. The lowest BCUT2D eigenvalue weighted by molar-refractivity contribution is -0.137. The molecule has 1 aromatic carbocycles. The number of halogens is 4. The fraction of sp³-hybridized carbons (Fsp3) is 0.333. The van der Waals surface area contributed by atoms with Crippen molar-refractivity contribution in [1.29, 1.82) is 0 Å². The van der Waals surface area contributed by atoms with Gasteiger partial charge in [-0.25, -0.2) is 0 Å². The number of nitrogens with one attached hydrogen (secondary N) is 2. The van der Waals surface area contributed by atoms with Gasteiger partial charge in [-0.15, -0.1) is 5.10 Å². The molecule has 0 aliphatic heterocycles. The number of alkyl halides is 3. The van der Waals surface area contributed by atoms with E-state index in [2.05, 4.69) is 20.8 Å². The Labute approximate surface area is 123 Å². The van der Waals surface area contributed by atoms with E-state index in [0.29, 0.717) is 5.89 Å². The fourth-order valence-electron chi connectivity index (χ4n) is 1.49. The molecule has 0 aliphatic rings. The van der Waals surface area contributed by atoms with Crippen molar-refractivity contribution in [3.8, 4) is 0 Å². The zero-order chi connectivity index (χ0) is 15.6. The van der Waals surface area contributed by atoms with Crippen molar-refractivity contribution in [3.05, 3.63) is 34.7 Å². The van der Waals surface area contributed by atoms with Crippen LogP contribution in [0.4, 0.5) is 24.9 Å². The van der Waals surface area contributed by atoms with Crippen LogP contribution in [-0.2, 0) is 6.18 Å². The molecule has 1 heterocycles. The predicted molar refractivity (Wildman–Crippen MR) is 71.5 cm³/mol. The van der Waals surface area contributed by atoms with Crippen molar-refractivity contribution < 1.29 is 17.6 Å². The summed E-state index contributed by atoms with van der Waals surface area (Å²) in [6, 6.07) is 2.86.